The van der Waals surface area contributed by atoms with Gasteiger partial charge in [0.05, 0.1) is 5.69 Å². The summed E-state index contributed by atoms with van der Waals surface area (Å²) >= 11 is 0. The van der Waals surface area contributed by atoms with Crippen LogP contribution in [0.3, 0.4) is 0 Å². The van der Waals surface area contributed by atoms with Crippen LogP contribution in [0.2, 0.25) is 0 Å². The summed E-state index contributed by atoms with van der Waals surface area (Å²) in [6, 6.07) is 20.7. The molecule has 0 saturated carbocycles. The van der Waals surface area contributed by atoms with Crippen molar-refractivity contribution in [2.75, 3.05) is 37.0 Å². The van der Waals surface area contributed by atoms with Gasteiger partial charge < -0.3 is 15.0 Å². The fourth-order valence-corrected chi connectivity index (χ4v) is 3.07. The SMILES string of the molecule is CCN(c1cccc(C)c1)c1nc(NCCCOC)cc(-c2ccccc2)n1. The van der Waals surface area contributed by atoms with Gasteiger partial charge in [0.1, 0.15) is 5.82 Å². The Kier molecular flexibility index (Phi) is 6.98. The van der Waals surface area contributed by atoms with Gasteiger partial charge in [0, 0.05) is 44.1 Å². The zero-order chi connectivity index (χ0) is 19.8. The molecule has 0 aliphatic heterocycles. The zero-order valence-electron chi connectivity index (χ0n) is 16.9. The molecule has 3 aromatic rings. The summed E-state index contributed by atoms with van der Waals surface area (Å²) in [6.07, 6.45) is 0.922. The number of hydrogen-bond acceptors (Lipinski definition) is 5. The lowest BCUT2D eigenvalue weighted by molar-refractivity contribution is 0.198. The number of aromatic nitrogens is 2. The highest BCUT2D eigenvalue weighted by molar-refractivity contribution is 5.67. The van der Waals surface area contributed by atoms with Crippen molar-refractivity contribution < 1.29 is 4.74 Å². The second kappa shape index (κ2) is 9.85. The highest BCUT2D eigenvalue weighted by Gasteiger charge is 2.14. The smallest absolute Gasteiger partial charge is 0.232 e. The minimum atomic E-state index is 0.698. The van der Waals surface area contributed by atoms with Crippen LogP contribution < -0.4 is 10.2 Å². The van der Waals surface area contributed by atoms with Crippen LogP contribution in [0, 0.1) is 6.92 Å². The van der Waals surface area contributed by atoms with Crippen LogP contribution in [0.5, 0.6) is 0 Å². The predicted molar refractivity (Wildman–Crippen MR) is 116 cm³/mol. The zero-order valence-corrected chi connectivity index (χ0v) is 16.9. The number of aryl methyl sites for hydroxylation is 1. The molecule has 3 rings (SSSR count). The van der Waals surface area contributed by atoms with Crippen molar-refractivity contribution in [1.82, 2.24) is 9.97 Å². The fourth-order valence-electron chi connectivity index (χ4n) is 3.07. The van der Waals surface area contributed by atoms with E-state index in [4.69, 9.17) is 14.7 Å². The number of anilines is 3. The molecule has 0 unspecified atom stereocenters. The molecule has 0 fully saturated rings. The molecule has 1 heterocycles. The van der Waals surface area contributed by atoms with Crippen molar-refractivity contribution in [2.45, 2.75) is 20.3 Å². The summed E-state index contributed by atoms with van der Waals surface area (Å²) in [6.45, 7) is 6.52. The van der Waals surface area contributed by atoms with E-state index in [1.165, 1.54) is 5.56 Å². The topological polar surface area (TPSA) is 50.3 Å². The highest BCUT2D eigenvalue weighted by Crippen LogP contribution is 2.27. The molecule has 1 aromatic heterocycles. The maximum Gasteiger partial charge on any atom is 0.232 e. The number of methoxy groups -OCH3 is 1. The van der Waals surface area contributed by atoms with Crippen molar-refractivity contribution in [3.63, 3.8) is 0 Å². The van der Waals surface area contributed by atoms with Gasteiger partial charge in [-0.2, -0.15) is 4.98 Å². The van der Waals surface area contributed by atoms with Crippen LogP contribution in [0.1, 0.15) is 18.9 Å². The van der Waals surface area contributed by atoms with Crippen LogP contribution >= 0.6 is 0 Å². The maximum absolute atomic E-state index is 5.14. The first-order valence-electron chi connectivity index (χ1n) is 9.72. The van der Waals surface area contributed by atoms with Gasteiger partial charge in [0.2, 0.25) is 5.95 Å². The normalized spacial score (nSPS) is 10.7. The number of benzene rings is 2. The van der Waals surface area contributed by atoms with Crippen molar-refractivity contribution in [3.8, 4) is 11.3 Å². The van der Waals surface area contributed by atoms with Crippen LogP contribution in [0.4, 0.5) is 17.5 Å². The maximum atomic E-state index is 5.14. The Balaban J connectivity index is 1.98. The summed E-state index contributed by atoms with van der Waals surface area (Å²) in [5.74, 6) is 1.52. The molecule has 0 radical (unpaired) electrons. The monoisotopic (exact) mass is 376 g/mol. The molecule has 1 N–H and O–H groups in total. The second-order valence-corrected chi connectivity index (χ2v) is 6.66. The first-order valence-corrected chi connectivity index (χ1v) is 9.72. The number of nitrogens with one attached hydrogen (secondary N) is 1. The Hall–Kier alpha value is -2.92. The molecule has 28 heavy (non-hydrogen) atoms. The molecule has 0 aliphatic carbocycles. The average Bonchev–Trinajstić information content (AvgIpc) is 2.72. The molecule has 0 atom stereocenters. The van der Waals surface area contributed by atoms with Crippen molar-refractivity contribution in [2.24, 2.45) is 0 Å². The van der Waals surface area contributed by atoms with E-state index < -0.39 is 0 Å². The van der Waals surface area contributed by atoms with Gasteiger partial charge in [-0.15, -0.1) is 0 Å². The Labute approximate surface area is 167 Å². The molecule has 2 aromatic carbocycles. The molecular weight excluding hydrogens is 348 g/mol. The number of nitrogens with zero attached hydrogens (tertiary/aromatic N) is 3. The first-order chi connectivity index (χ1) is 13.7. The molecule has 146 valence electrons. The van der Waals surface area contributed by atoms with E-state index in [1.54, 1.807) is 7.11 Å². The molecule has 0 spiro atoms. The molecular formula is C23H28N4O. The molecule has 0 amide bonds. The third kappa shape index (κ3) is 5.08. The van der Waals surface area contributed by atoms with Crippen molar-refractivity contribution >= 4 is 17.5 Å². The summed E-state index contributed by atoms with van der Waals surface area (Å²) in [5.41, 5.74) is 4.29. The summed E-state index contributed by atoms with van der Waals surface area (Å²) in [4.78, 5) is 11.8. The first kappa shape index (κ1) is 19.8. The van der Waals surface area contributed by atoms with Gasteiger partial charge in [-0.3, -0.25) is 0 Å². The van der Waals surface area contributed by atoms with Crippen molar-refractivity contribution in [3.05, 3.63) is 66.2 Å². The Morgan fingerprint density at radius 2 is 1.82 bits per heavy atom. The van der Waals surface area contributed by atoms with Gasteiger partial charge in [-0.25, -0.2) is 4.98 Å². The summed E-state index contributed by atoms with van der Waals surface area (Å²) < 4.78 is 5.14. The lowest BCUT2D eigenvalue weighted by Gasteiger charge is -2.23. The van der Waals surface area contributed by atoms with Crippen LogP contribution in [0.25, 0.3) is 11.3 Å². The van der Waals surface area contributed by atoms with Crippen LogP contribution in [-0.2, 0) is 4.74 Å². The summed E-state index contributed by atoms with van der Waals surface area (Å²) in [5, 5.41) is 3.41. The number of hydrogen-bond donors (Lipinski definition) is 1. The second-order valence-electron chi connectivity index (χ2n) is 6.66. The molecule has 0 bridgehead atoms. The van der Waals surface area contributed by atoms with Gasteiger partial charge in [0.15, 0.2) is 0 Å². The predicted octanol–water partition coefficient (Wildman–Crippen LogP) is 5.06. The van der Waals surface area contributed by atoms with Crippen molar-refractivity contribution in [1.29, 1.82) is 0 Å². The largest absolute Gasteiger partial charge is 0.385 e. The summed E-state index contributed by atoms with van der Waals surface area (Å²) in [7, 11) is 1.72. The van der Waals surface area contributed by atoms with E-state index in [1.807, 2.05) is 24.3 Å². The van der Waals surface area contributed by atoms with Gasteiger partial charge in [-0.1, -0.05) is 42.5 Å². The van der Waals surface area contributed by atoms with Crippen LogP contribution in [0.15, 0.2) is 60.7 Å². The molecule has 0 aliphatic rings. The highest BCUT2D eigenvalue weighted by atomic mass is 16.5. The quantitative estimate of drug-likeness (QED) is 0.529. The van der Waals surface area contributed by atoms with Crippen LogP contribution in [-0.4, -0.2) is 36.8 Å². The third-order valence-corrected chi connectivity index (χ3v) is 4.49. The lowest BCUT2D eigenvalue weighted by atomic mass is 10.1. The minimum absolute atomic E-state index is 0.698. The van der Waals surface area contributed by atoms with E-state index >= 15 is 0 Å². The van der Waals surface area contributed by atoms with Gasteiger partial charge in [0.25, 0.3) is 0 Å². The minimum Gasteiger partial charge on any atom is -0.385 e. The van der Waals surface area contributed by atoms with E-state index in [0.29, 0.717) is 5.95 Å². The standard InChI is InChI=1S/C23H28N4O/c1-4-27(20-13-8-10-18(2)16-20)23-25-21(19-11-6-5-7-12-19)17-22(26-23)24-14-9-15-28-3/h5-8,10-13,16-17H,4,9,14-15H2,1-3H3,(H,24,25,26). The van der Waals surface area contributed by atoms with E-state index in [9.17, 15) is 0 Å². The van der Waals surface area contributed by atoms with Gasteiger partial charge >= 0.3 is 0 Å². The lowest BCUT2D eigenvalue weighted by Crippen LogP contribution is -2.20. The number of rotatable bonds is 9. The molecule has 5 nitrogen and oxygen atoms in total. The Morgan fingerprint density at radius 1 is 1.00 bits per heavy atom. The van der Waals surface area contributed by atoms with E-state index in [2.05, 4.69) is 60.5 Å². The van der Waals surface area contributed by atoms with E-state index in [0.717, 1.165) is 48.9 Å². The van der Waals surface area contributed by atoms with Gasteiger partial charge in [-0.05, 0) is 38.0 Å². The average molecular weight is 377 g/mol. The van der Waals surface area contributed by atoms with E-state index in [-0.39, 0.29) is 0 Å². The fraction of sp³-hybridized carbons (Fsp3) is 0.304. The molecule has 0 saturated heterocycles. The Bertz CT molecular complexity index is 883. The Morgan fingerprint density at radius 3 is 2.54 bits per heavy atom. The molecule has 5 heteroatoms. The third-order valence-electron chi connectivity index (χ3n) is 4.49. The number of ether oxygens (including phenoxy) is 1.